The molecule has 0 aromatic heterocycles. The van der Waals surface area contributed by atoms with Crippen molar-refractivity contribution in [3.63, 3.8) is 0 Å². The van der Waals surface area contributed by atoms with E-state index in [0.717, 1.165) is 17.0 Å². The minimum atomic E-state index is -0.940. The van der Waals surface area contributed by atoms with Gasteiger partial charge in [-0.2, -0.15) is 0 Å². The van der Waals surface area contributed by atoms with E-state index in [1.54, 1.807) is 12.1 Å². The summed E-state index contributed by atoms with van der Waals surface area (Å²) in [5, 5.41) is 8.72. The molecule has 2 aromatic rings. The molecule has 1 saturated carbocycles. The summed E-state index contributed by atoms with van der Waals surface area (Å²) in [6.07, 6.45) is 10.8. The number of carboxylic acid groups (broad SMARTS) is 1. The first kappa shape index (κ1) is 22.3. The number of rotatable bonds is 10. The summed E-state index contributed by atoms with van der Waals surface area (Å²) in [4.78, 5) is 22.7. The van der Waals surface area contributed by atoms with Crippen molar-refractivity contribution in [3.8, 4) is 11.1 Å². The van der Waals surface area contributed by atoms with Crippen LogP contribution >= 0.6 is 0 Å². The Morgan fingerprint density at radius 2 is 1.43 bits per heavy atom. The maximum Gasteiger partial charge on any atom is 0.303 e. The predicted molar refractivity (Wildman–Crippen MR) is 122 cm³/mol. The van der Waals surface area contributed by atoms with E-state index in [1.807, 2.05) is 12.1 Å². The Morgan fingerprint density at radius 1 is 0.833 bits per heavy atom. The third kappa shape index (κ3) is 6.29. The second-order valence-electron chi connectivity index (χ2n) is 8.73. The summed E-state index contributed by atoms with van der Waals surface area (Å²) in [7, 11) is 0. The van der Waals surface area contributed by atoms with Gasteiger partial charge in [-0.1, -0.05) is 81.1 Å². The van der Waals surface area contributed by atoms with Gasteiger partial charge in [-0.25, -0.2) is 0 Å². The molecule has 0 atom stereocenters. The Kier molecular flexibility index (Phi) is 8.24. The van der Waals surface area contributed by atoms with Gasteiger partial charge in [0.25, 0.3) is 0 Å². The molecule has 0 saturated heterocycles. The second kappa shape index (κ2) is 11.1. The smallest absolute Gasteiger partial charge is 0.303 e. The summed E-state index contributed by atoms with van der Waals surface area (Å²) in [5.74, 6) is 0.564. The lowest BCUT2D eigenvalue weighted by molar-refractivity contribution is -0.136. The molecule has 1 aliphatic carbocycles. The van der Waals surface area contributed by atoms with E-state index < -0.39 is 5.97 Å². The number of ketones is 1. The number of carboxylic acids is 1. The highest BCUT2D eigenvalue weighted by molar-refractivity contribution is 5.97. The quantitative estimate of drug-likeness (QED) is 0.334. The van der Waals surface area contributed by atoms with Crippen molar-refractivity contribution in [2.45, 2.75) is 77.0 Å². The summed E-state index contributed by atoms with van der Waals surface area (Å²) >= 11 is 0. The number of hydrogen-bond acceptors (Lipinski definition) is 2. The minimum Gasteiger partial charge on any atom is -0.481 e. The first-order valence-corrected chi connectivity index (χ1v) is 11.5. The monoisotopic (exact) mass is 406 g/mol. The molecule has 0 aliphatic heterocycles. The highest BCUT2D eigenvalue weighted by atomic mass is 16.4. The van der Waals surface area contributed by atoms with Crippen LogP contribution in [0.25, 0.3) is 11.1 Å². The maximum atomic E-state index is 12.0. The Labute approximate surface area is 180 Å². The van der Waals surface area contributed by atoms with Gasteiger partial charge in [0.15, 0.2) is 5.78 Å². The van der Waals surface area contributed by atoms with Crippen LogP contribution in [-0.4, -0.2) is 16.9 Å². The molecule has 0 amide bonds. The molecule has 1 fully saturated rings. The largest absolute Gasteiger partial charge is 0.481 e. The van der Waals surface area contributed by atoms with Crippen LogP contribution in [0.1, 0.15) is 93.0 Å². The third-order valence-corrected chi connectivity index (χ3v) is 6.55. The van der Waals surface area contributed by atoms with Gasteiger partial charge in [-0.3, -0.25) is 9.59 Å². The second-order valence-corrected chi connectivity index (χ2v) is 8.73. The average Bonchev–Trinajstić information content (AvgIpc) is 2.78. The SMILES string of the molecule is CCCCCC1CCC(c2ccc(-c3ccc(C(=O)CCC(=O)O)cc3)cc2)CC1. The van der Waals surface area contributed by atoms with Crippen molar-refractivity contribution in [1.82, 2.24) is 0 Å². The van der Waals surface area contributed by atoms with Gasteiger partial charge >= 0.3 is 5.97 Å². The maximum absolute atomic E-state index is 12.0. The zero-order chi connectivity index (χ0) is 21.3. The van der Waals surface area contributed by atoms with E-state index in [1.165, 1.54) is 56.9 Å². The van der Waals surface area contributed by atoms with Gasteiger partial charge in [0.1, 0.15) is 0 Å². The Balaban J connectivity index is 1.54. The van der Waals surface area contributed by atoms with E-state index in [-0.39, 0.29) is 18.6 Å². The molecule has 3 rings (SSSR count). The molecule has 3 heteroatoms. The number of hydrogen-bond donors (Lipinski definition) is 1. The van der Waals surface area contributed by atoms with Crippen molar-refractivity contribution in [3.05, 3.63) is 59.7 Å². The topological polar surface area (TPSA) is 54.4 Å². The van der Waals surface area contributed by atoms with Crippen molar-refractivity contribution in [1.29, 1.82) is 0 Å². The average molecular weight is 407 g/mol. The fraction of sp³-hybridized carbons (Fsp3) is 0.481. The van der Waals surface area contributed by atoms with E-state index >= 15 is 0 Å². The zero-order valence-electron chi connectivity index (χ0n) is 18.1. The number of aliphatic carboxylic acids is 1. The van der Waals surface area contributed by atoms with Gasteiger partial charge in [-0.15, -0.1) is 0 Å². The Hall–Kier alpha value is -2.42. The normalized spacial score (nSPS) is 18.8. The molecule has 0 heterocycles. The molecule has 160 valence electrons. The number of benzene rings is 2. The molecule has 30 heavy (non-hydrogen) atoms. The van der Waals surface area contributed by atoms with Crippen molar-refractivity contribution < 1.29 is 14.7 Å². The third-order valence-electron chi connectivity index (χ3n) is 6.55. The van der Waals surface area contributed by atoms with Gasteiger partial charge in [-0.05, 0) is 54.2 Å². The van der Waals surface area contributed by atoms with Gasteiger partial charge in [0.2, 0.25) is 0 Å². The number of carbonyl (C=O) groups excluding carboxylic acids is 1. The van der Waals surface area contributed by atoms with Crippen molar-refractivity contribution in [2.24, 2.45) is 5.92 Å². The molecule has 2 aromatic carbocycles. The van der Waals surface area contributed by atoms with Crippen molar-refractivity contribution >= 4 is 11.8 Å². The van der Waals surface area contributed by atoms with Crippen LogP contribution in [0.4, 0.5) is 0 Å². The molecular weight excluding hydrogens is 372 g/mol. The molecule has 1 aliphatic rings. The lowest BCUT2D eigenvalue weighted by Crippen LogP contribution is -2.13. The molecule has 1 N–H and O–H groups in total. The minimum absolute atomic E-state index is 0.0459. The fourth-order valence-electron chi connectivity index (χ4n) is 4.63. The Morgan fingerprint density at radius 3 is 2.00 bits per heavy atom. The van der Waals surface area contributed by atoms with E-state index in [4.69, 9.17) is 5.11 Å². The first-order chi connectivity index (χ1) is 14.6. The predicted octanol–water partition coefficient (Wildman–Crippen LogP) is 7.26. The molecule has 0 spiro atoms. The van der Waals surface area contributed by atoms with Crippen LogP contribution in [0.5, 0.6) is 0 Å². The van der Waals surface area contributed by atoms with Gasteiger partial charge in [0, 0.05) is 12.0 Å². The number of carbonyl (C=O) groups is 2. The first-order valence-electron chi connectivity index (χ1n) is 11.5. The molecule has 0 unspecified atom stereocenters. The van der Waals surface area contributed by atoms with Crippen LogP contribution < -0.4 is 0 Å². The molecule has 3 nitrogen and oxygen atoms in total. The number of unbranched alkanes of at least 4 members (excludes halogenated alkanes) is 2. The lowest BCUT2D eigenvalue weighted by Gasteiger charge is -2.29. The van der Waals surface area contributed by atoms with Gasteiger partial charge < -0.3 is 5.11 Å². The van der Waals surface area contributed by atoms with Crippen LogP contribution in [0.3, 0.4) is 0 Å². The summed E-state index contributed by atoms with van der Waals surface area (Å²) in [6, 6.07) is 16.4. The van der Waals surface area contributed by atoms with Crippen LogP contribution in [0, 0.1) is 5.92 Å². The summed E-state index contributed by atoms with van der Waals surface area (Å²) in [6.45, 7) is 2.27. The summed E-state index contributed by atoms with van der Waals surface area (Å²) < 4.78 is 0. The lowest BCUT2D eigenvalue weighted by atomic mass is 9.77. The van der Waals surface area contributed by atoms with Crippen LogP contribution in [0.15, 0.2) is 48.5 Å². The van der Waals surface area contributed by atoms with Crippen molar-refractivity contribution in [2.75, 3.05) is 0 Å². The highest BCUT2D eigenvalue weighted by Gasteiger charge is 2.22. The summed E-state index contributed by atoms with van der Waals surface area (Å²) in [5.41, 5.74) is 4.26. The number of Topliss-reactive ketones (excluding diaryl/α,β-unsaturated/α-hetero) is 1. The zero-order valence-corrected chi connectivity index (χ0v) is 18.1. The molecule has 0 bridgehead atoms. The Bertz CT molecular complexity index is 812. The van der Waals surface area contributed by atoms with E-state index in [2.05, 4.69) is 31.2 Å². The fourth-order valence-corrected chi connectivity index (χ4v) is 4.63. The van der Waals surface area contributed by atoms with Crippen LogP contribution in [-0.2, 0) is 4.79 Å². The van der Waals surface area contributed by atoms with Gasteiger partial charge in [0.05, 0.1) is 6.42 Å². The standard InChI is InChI=1S/C27H34O3/c1-2-3-4-5-20-6-8-21(9-7-20)22-10-12-23(13-11-22)24-14-16-25(17-15-24)26(28)18-19-27(29)30/h10-17,20-21H,2-9,18-19H2,1H3,(H,29,30). The van der Waals surface area contributed by atoms with E-state index in [9.17, 15) is 9.59 Å². The molecular formula is C27H34O3. The molecule has 0 radical (unpaired) electrons. The highest BCUT2D eigenvalue weighted by Crippen LogP contribution is 2.38. The van der Waals surface area contributed by atoms with E-state index in [0.29, 0.717) is 11.5 Å². The van der Waals surface area contributed by atoms with Crippen LogP contribution in [0.2, 0.25) is 0 Å².